The molecule has 0 heterocycles. The van der Waals surface area contributed by atoms with Crippen molar-refractivity contribution in [1.82, 2.24) is 0 Å². The standard InChI is InChI=1S/C12H14F3NO3.ClH/c1-12(2,11(18)19-3)10(16)7-6(17)4-5(13)8(14)9(7)15;/h4,10,17H,16H2,1-3H3;1H/t10-;/m0./s1. The Morgan fingerprint density at radius 1 is 1.35 bits per heavy atom. The first-order valence-corrected chi connectivity index (χ1v) is 5.35. The Morgan fingerprint density at radius 3 is 2.30 bits per heavy atom. The van der Waals surface area contributed by atoms with Crippen LogP contribution in [0, 0.1) is 22.9 Å². The van der Waals surface area contributed by atoms with Crippen LogP contribution in [0.2, 0.25) is 0 Å². The second kappa shape index (κ2) is 6.32. The van der Waals surface area contributed by atoms with Gasteiger partial charge in [-0.2, -0.15) is 0 Å². The summed E-state index contributed by atoms with van der Waals surface area (Å²) in [5, 5.41) is 9.51. The molecule has 0 amide bonds. The molecule has 8 heteroatoms. The van der Waals surface area contributed by atoms with Gasteiger partial charge >= 0.3 is 5.97 Å². The van der Waals surface area contributed by atoms with Crippen molar-refractivity contribution in [2.45, 2.75) is 19.9 Å². The molecule has 0 aliphatic carbocycles. The highest BCUT2D eigenvalue weighted by atomic mass is 35.5. The number of ether oxygens (including phenoxy) is 1. The van der Waals surface area contributed by atoms with Gasteiger partial charge in [-0.1, -0.05) is 0 Å². The predicted molar refractivity (Wildman–Crippen MR) is 68.0 cm³/mol. The molecule has 1 aromatic rings. The predicted octanol–water partition coefficient (Wildman–Crippen LogP) is 2.43. The lowest BCUT2D eigenvalue weighted by Crippen LogP contribution is -2.38. The van der Waals surface area contributed by atoms with Crippen LogP contribution in [0.25, 0.3) is 0 Å². The summed E-state index contributed by atoms with van der Waals surface area (Å²) in [6.45, 7) is 2.67. The molecule has 0 unspecified atom stereocenters. The highest BCUT2D eigenvalue weighted by molar-refractivity contribution is 5.85. The van der Waals surface area contributed by atoms with Crippen LogP contribution in [0.3, 0.4) is 0 Å². The largest absolute Gasteiger partial charge is 0.507 e. The molecule has 0 radical (unpaired) electrons. The lowest BCUT2D eigenvalue weighted by atomic mass is 9.80. The second-order valence-corrected chi connectivity index (χ2v) is 4.61. The molecule has 3 N–H and O–H groups in total. The third-order valence-corrected chi connectivity index (χ3v) is 2.98. The van der Waals surface area contributed by atoms with Crippen LogP contribution < -0.4 is 5.73 Å². The quantitative estimate of drug-likeness (QED) is 0.664. The first-order chi connectivity index (χ1) is 8.64. The molecule has 0 saturated carbocycles. The van der Waals surface area contributed by atoms with Crippen LogP contribution in [-0.4, -0.2) is 18.2 Å². The Hall–Kier alpha value is -1.47. The van der Waals surface area contributed by atoms with Gasteiger partial charge in [0.1, 0.15) is 5.75 Å². The van der Waals surface area contributed by atoms with E-state index in [2.05, 4.69) is 4.74 Å². The third kappa shape index (κ3) is 2.99. The number of hydrogen-bond acceptors (Lipinski definition) is 4. The van der Waals surface area contributed by atoms with Crippen molar-refractivity contribution in [2.24, 2.45) is 11.1 Å². The summed E-state index contributed by atoms with van der Waals surface area (Å²) in [5.74, 6) is -6.56. The van der Waals surface area contributed by atoms with Crippen LogP contribution in [0.1, 0.15) is 25.5 Å². The van der Waals surface area contributed by atoms with Crippen molar-refractivity contribution in [1.29, 1.82) is 0 Å². The van der Waals surface area contributed by atoms with Gasteiger partial charge in [0.2, 0.25) is 0 Å². The van der Waals surface area contributed by atoms with Gasteiger partial charge in [-0.25, -0.2) is 13.2 Å². The minimum Gasteiger partial charge on any atom is -0.507 e. The van der Waals surface area contributed by atoms with E-state index < -0.39 is 46.2 Å². The topological polar surface area (TPSA) is 72.5 Å². The highest BCUT2D eigenvalue weighted by Gasteiger charge is 2.40. The Labute approximate surface area is 120 Å². The zero-order valence-corrected chi connectivity index (χ0v) is 11.9. The van der Waals surface area contributed by atoms with Gasteiger partial charge in [0.25, 0.3) is 0 Å². The summed E-state index contributed by atoms with van der Waals surface area (Å²) in [6, 6.07) is -1.00. The van der Waals surface area contributed by atoms with E-state index in [1.54, 1.807) is 0 Å². The Balaban J connectivity index is 0.00000361. The minimum atomic E-state index is -1.76. The Morgan fingerprint density at radius 2 is 1.85 bits per heavy atom. The van der Waals surface area contributed by atoms with Crippen LogP contribution >= 0.6 is 12.4 Å². The van der Waals surface area contributed by atoms with Gasteiger partial charge in [-0.15, -0.1) is 12.4 Å². The molecule has 1 aromatic carbocycles. The van der Waals surface area contributed by atoms with E-state index in [-0.39, 0.29) is 12.4 Å². The first-order valence-electron chi connectivity index (χ1n) is 5.35. The van der Waals surface area contributed by atoms with Crippen molar-refractivity contribution in [2.75, 3.05) is 7.11 Å². The molecule has 114 valence electrons. The molecule has 0 fully saturated rings. The number of methoxy groups -OCH3 is 1. The van der Waals surface area contributed by atoms with Crippen molar-refractivity contribution >= 4 is 18.4 Å². The number of halogens is 4. The van der Waals surface area contributed by atoms with Crippen molar-refractivity contribution in [3.8, 4) is 5.75 Å². The van der Waals surface area contributed by atoms with Gasteiger partial charge in [0.15, 0.2) is 17.5 Å². The summed E-state index contributed by atoms with van der Waals surface area (Å²) in [6.07, 6.45) is 0. The number of carbonyl (C=O) groups excluding carboxylic acids is 1. The van der Waals surface area contributed by atoms with Gasteiger partial charge in [0.05, 0.1) is 24.1 Å². The van der Waals surface area contributed by atoms with Crippen LogP contribution in [0.5, 0.6) is 5.75 Å². The fraction of sp³-hybridized carbons (Fsp3) is 0.417. The van der Waals surface area contributed by atoms with E-state index in [1.807, 2.05) is 0 Å². The average molecular weight is 314 g/mol. The number of nitrogens with two attached hydrogens (primary N) is 1. The molecule has 0 bridgehead atoms. The number of esters is 1. The maximum Gasteiger partial charge on any atom is 0.313 e. The molecular formula is C12H15ClF3NO3. The van der Waals surface area contributed by atoms with E-state index in [4.69, 9.17) is 5.73 Å². The fourth-order valence-corrected chi connectivity index (χ4v) is 1.64. The summed E-state index contributed by atoms with van der Waals surface area (Å²) in [5.41, 5.74) is 3.57. The highest BCUT2D eigenvalue weighted by Crippen LogP contribution is 2.39. The van der Waals surface area contributed by atoms with Gasteiger partial charge < -0.3 is 15.6 Å². The van der Waals surface area contributed by atoms with Crippen molar-refractivity contribution in [3.63, 3.8) is 0 Å². The van der Waals surface area contributed by atoms with Gasteiger partial charge in [-0.05, 0) is 13.8 Å². The molecule has 1 rings (SSSR count). The summed E-state index contributed by atoms with van der Waals surface area (Å²) in [7, 11) is 1.11. The number of benzene rings is 1. The smallest absolute Gasteiger partial charge is 0.313 e. The van der Waals surface area contributed by atoms with E-state index in [0.717, 1.165) is 7.11 Å². The zero-order valence-electron chi connectivity index (χ0n) is 11.0. The Kier molecular flexibility index (Phi) is 5.86. The molecular weight excluding hydrogens is 299 g/mol. The normalized spacial score (nSPS) is 12.6. The molecule has 0 spiro atoms. The molecule has 0 aliphatic heterocycles. The summed E-state index contributed by atoms with van der Waals surface area (Å²) >= 11 is 0. The van der Waals surface area contributed by atoms with E-state index >= 15 is 0 Å². The van der Waals surface area contributed by atoms with Gasteiger partial charge in [0, 0.05) is 6.07 Å². The minimum absolute atomic E-state index is 0. The molecule has 0 aliphatic rings. The molecule has 20 heavy (non-hydrogen) atoms. The summed E-state index contributed by atoms with van der Waals surface area (Å²) < 4.78 is 44.2. The Bertz CT molecular complexity index is 523. The van der Waals surface area contributed by atoms with Crippen molar-refractivity contribution < 1.29 is 27.8 Å². The molecule has 0 saturated heterocycles. The zero-order chi connectivity index (χ0) is 15.0. The lowest BCUT2D eigenvalue weighted by Gasteiger charge is -2.29. The number of hydrogen-bond donors (Lipinski definition) is 2. The SMILES string of the molecule is COC(=O)C(C)(C)[C@@H](N)c1c(O)cc(F)c(F)c1F.Cl. The number of rotatable bonds is 3. The molecule has 4 nitrogen and oxygen atoms in total. The fourth-order valence-electron chi connectivity index (χ4n) is 1.64. The maximum absolute atomic E-state index is 13.7. The molecule has 1 atom stereocenters. The van der Waals surface area contributed by atoms with Crippen LogP contribution in [0.4, 0.5) is 13.2 Å². The van der Waals surface area contributed by atoms with E-state index in [9.17, 15) is 23.1 Å². The molecule has 0 aromatic heterocycles. The number of aromatic hydroxyl groups is 1. The number of phenols is 1. The lowest BCUT2D eigenvalue weighted by molar-refractivity contribution is -0.152. The van der Waals surface area contributed by atoms with E-state index in [1.165, 1.54) is 13.8 Å². The van der Waals surface area contributed by atoms with Crippen LogP contribution in [-0.2, 0) is 9.53 Å². The van der Waals surface area contributed by atoms with Gasteiger partial charge in [-0.3, -0.25) is 4.79 Å². The second-order valence-electron chi connectivity index (χ2n) is 4.61. The van der Waals surface area contributed by atoms with Crippen molar-refractivity contribution in [3.05, 3.63) is 29.1 Å². The number of carbonyl (C=O) groups is 1. The average Bonchev–Trinajstić information content (AvgIpc) is 2.34. The van der Waals surface area contributed by atoms with E-state index in [0.29, 0.717) is 6.07 Å². The first kappa shape index (κ1) is 18.5. The van der Waals surface area contributed by atoms with Crippen LogP contribution in [0.15, 0.2) is 6.07 Å². The monoisotopic (exact) mass is 313 g/mol. The maximum atomic E-state index is 13.7. The third-order valence-electron chi connectivity index (χ3n) is 2.98. The number of phenolic OH excluding ortho intramolecular Hbond substituents is 1. The summed E-state index contributed by atoms with van der Waals surface area (Å²) in [4.78, 5) is 11.5.